The number of nitrogens with zero attached hydrogens (tertiary/aromatic N) is 4. The molecule has 0 atom stereocenters. The molecule has 0 radical (unpaired) electrons. The van der Waals surface area contributed by atoms with Crippen LogP contribution in [0.3, 0.4) is 0 Å². The number of aromatic amines is 4. The fourth-order valence-electron chi connectivity index (χ4n) is 8.77. The van der Waals surface area contributed by atoms with Gasteiger partial charge in [0.1, 0.15) is 23.3 Å². The summed E-state index contributed by atoms with van der Waals surface area (Å²) in [5.41, 5.74) is 11.8. The van der Waals surface area contributed by atoms with Crippen LogP contribution < -0.4 is 21.4 Å². The predicted octanol–water partition coefficient (Wildman–Crippen LogP) is 14.8. The van der Waals surface area contributed by atoms with Crippen molar-refractivity contribution in [2.24, 2.45) is 0 Å². The molecule has 0 aliphatic carbocycles. The van der Waals surface area contributed by atoms with Crippen LogP contribution in [0.5, 0.6) is 5.88 Å². The first-order chi connectivity index (χ1) is 39.4. The van der Waals surface area contributed by atoms with E-state index in [0.29, 0.717) is 81.6 Å². The predicted molar refractivity (Wildman–Crippen MR) is 344 cm³/mol. The maximum atomic E-state index is 14.2. The minimum absolute atomic E-state index is 0. The fourth-order valence-corrected chi connectivity index (χ4v) is 8.77. The van der Waals surface area contributed by atoms with Crippen LogP contribution in [0, 0.1) is 78.7 Å². The highest BCUT2D eigenvalue weighted by Crippen LogP contribution is 2.29. The fraction of sp³-hybridized carbons (Fsp3) is 0.446. The van der Waals surface area contributed by atoms with E-state index in [1.807, 2.05) is 134 Å². The van der Waals surface area contributed by atoms with Crippen molar-refractivity contribution < 1.29 is 35.3 Å². The van der Waals surface area contributed by atoms with Crippen LogP contribution in [0.25, 0.3) is 0 Å². The molecule has 0 saturated heterocycles. The summed E-state index contributed by atoms with van der Waals surface area (Å²) in [5.74, 6) is -0.333. The van der Waals surface area contributed by atoms with Gasteiger partial charge in [-0.05, 0) is 180 Å². The number of H-pyrrole nitrogens is 4. The number of ether oxygens (including phenoxy) is 1. The molecule has 8 aromatic rings. The van der Waals surface area contributed by atoms with Crippen LogP contribution in [-0.2, 0) is 35.8 Å². The Morgan fingerprint density at radius 3 is 1.06 bits per heavy atom. The molecular formula is C65H91BrF4N8O7S. The molecule has 0 aliphatic rings. The third-order valence-corrected chi connectivity index (χ3v) is 13.1. The Hall–Kier alpha value is -6.97. The average Bonchev–Trinajstić information content (AvgIpc) is 3.20. The Morgan fingerprint density at radius 2 is 0.814 bits per heavy atom. The second-order valence-electron chi connectivity index (χ2n) is 22.5. The highest BCUT2D eigenvalue weighted by molar-refractivity contribution is 9.09. The largest absolute Gasteiger partial charge is 0.474 e. The molecule has 474 valence electrons. The highest BCUT2D eigenvalue weighted by atomic mass is 79.9. The Labute approximate surface area is 513 Å². The molecule has 0 spiro atoms. The minimum Gasteiger partial charge on any atom is -0.474 e. The monoisotopic (exact) mass is 1280 g/mol. The number of halogens is 5. The topological polar surface area (TPSA) is 206 Å². The van der Waals surface area contributed by atoms with E-state index in [4.69, 9.17) is 9.29 Å². The Bertz CT molecular complexity index is 3640. The van der Waals surface area contributed by atoms with Crippen molar-refractivity contribution in [3.63, 3.8) is 0 Å². The first-order valence-corrected chi connectivity index (χ1v) is 30.8. The molecular weight excluding hydrogens is 1190 g/mol. The number of nitrogens with one attached hydrogen (secondary N) is 4. The molecule has 0 aliphatic heterocycles. The van der Waals surface area contributed by atoms with Gasteiger partial charge in [0, 0.05) is 93.7 Å². The normalized spacial score (nSPS) is 11.0. The Morgan fingerprint density at radius 1 is 0.512 bits per heavy atom. The number of hydrogen-bond acceptors (Lipinski definition) is 7. The molecule has 4 aromatic heterocycles. The van der Waals surface area contributed by atoms with Crippen molar-refractivity contribution in [3.8, 4) is 5.88 Å². The Balaban J connectivity index is 0.000000373. The molecule has 86 heavy (non-hydrogen) atoms. The van der Waals surface area contributed by atoms with Gasteiger partial charge >= 0.3 is 0 Å². The molecule has 4 aromatic carbocycles. The second kappa shape index (κ2) is 33.8. The van der Waals surface area contributed by atoms with Crippen molar-refractivity contribution in [2.75, 3.05) is 6.26 Å². The zero-order valence-corrected chi connectivity index (χ0v) is 55.0. The second-order valence-corrected chi connectivity index (χ2v) is 25.8. The Kier molecular flexibility index (Phi) is 29.5. The minimum atomic E-state index is -3.67. The lowest BCUT2D eigenvalue weighted by Crippen LogP contribution is -2.09. The molecule has 0 unspecified atom stereocenters. The number of benzene rings is 4. The van der Waals surface area contributed by atoms with E-state index in [1.165, 1.54) is 18.2 Å². The summed E-state index contributed by atoms with van der Waals surface area (Å²) in [6.07, 6.45) is 2.22. The van der Waals surface area contributed by atoms with E-state index in [1.54, 1.807) is 31.2 Å². The SMILES string of the molecule is C.CC(C)Br.CS(=O)(=O)O.Cc1ccc(Cc2c(C)[nH][nH]c2=O)c(F)c1.Cc1ccc(Cc2c(C)n(C(C)C)[nH]c2=O)c(F)c1.Cc1ccc(Cc2c(C)n(C(C)C)[nH]c2=O)c(F)c1.Cc1ccc(Cc2c(OC(C)C)nn(C(C)C)c2C)c(F)c1. The van der Waals surface area contributed by atoms with E-state index < -0.39 is 10.1 Å². The van der Waals surface area contributed by atoms with Gasteiger partial charge in [0.05, 0.1) is 12.4 Å². The maximum absolute atomic E-state index is 14.2. The molecule has 8 rings (SSSR count). The van der Waals surface area contributed by atoms with E-state index in [-0.39, 0.29) is 71.6 Å². The van der Waals surface area contributed by atoms with Crippen LogP contribution >= 0.6 is 15.9 Å². The van der Waals surface area contributed by atoms with Crippen LogP contribution in [0.2, 0.25) is 0 Å². The lowest BCUT2D eigenvalue weighted by Gasteiger charge is -2.10. The highest BCUT2D eigenvalue weighted by Gasteiger charge is 2.21. The number of aromatic nitrogens is 8. The van der Waals surface area contributed by atoms with Crippen LogP contribution in [0.1, 0.15) is 184 Å². The first kappa shape index (κ1) is 75.1. The number of rotatable bonds is 13. The van der Waals surface area contributed by atoms with E-state index in [2.05, 4.69) is 69.1 Å². The molecule has 4 heterocycles. The summed E-state index contributed by atoms with van der Waals surface area (Å²) in [6.45, 7) is 35.3. The molecule has 0 saturated carbocycles. The average molecular weight is 1280 g/mol. The van der Waals surface area contributed by atoms with Gasteiger partial charge in [0.2, 0.25) is 5.88 Å². The molecule has 0 amide bonds. The van der Waals surface area contributed by atoms with Gasteiger partial charge in [-0.25, -0.2) is 17.6 Å². The van der Waals surface area contributed by atoms with Gasteiger partial charge in [-0.1, -0.05) is 85.7 Å². The van der Waals surface area contributed by atoms with Gasteiger partial charge in [-0.2, -0.15) is 8.42 Å². The zero-order valence-electron chi connectivity index (χ0n) is 52.6. The van der Waals surface area contributed by atoms with Crippen molar-refractivity contribution >= 4 is 26.0 Å². The summed E-state index contributed by atoms with van der Waals surface area (Å²) >= 11 is 3.27. The third kappa shape index (κ3) is 23.4. The summed E-state index contributed by atoms with van der Waals surface area (Å²) in [4.78, 5) is 36.0. The zero-order chi connectivity index (χ0) is 64.5. The lowest BCUT2D eigenvalue weighted by molar-refractivity contribution is 0.227. The summed E-state index contributed by atoms with van der Waals surface area (Å²) in [6, 6.07) is 21.2. The van der Waals surface area contributed by atoms with Crippen molar-refractivity contribution in [2.45, 2.75) is 187 Å². The molecule has 21 heteroatoms. The molecule has 0 bridgehead atoms. The first-order valence-electron chi connectivity index (χ1n) is 28.1. The van der Waals surface area contributed by atoms with Gasteiger partial charge < -0.3 is 9.84 Å². The summed E-state index contributed by atoms with van der Waals surface area (Å²) in [5, 5.41) is 15.4. The van der Waals surface area contributed by atoms with Gasteiger partial charge in [-0.15, -0.1) is 5.10 Å². The van der Waals surface area contributed by atoms with Crippen LogP contribution in [0.15, 0.2) is 87.2 Å². The quantitative estimate of drug-likeness (QED) is 0.0426. The summed E-state index contributed by atoms with van der Waals surface area (Å²) < 4.78 is 92.7. The van der Waals surface area contributed by atoms with Crippen molar-refractivity contribution in [1.29, 1.82) is 0 Å². The number of aryl methyl sites for hydroxylation is 5. The number of alkyl halides is 1. The standard InChI is InChI=1S/C18H25FN2O.2C15H19FN2O.C12H13FN2O.C3H7Br.CH4O3S.CH4/c1-11(2)21-14(6)16(18(20-21)22-12(3)4)10-15-8-7-13(5)9-17(15)19;2*1-9(2)18-11(4)13(15(19)17-18)8-12-6-5-10(3)7-14(12)16;1-7-3-4-9(11(13)5-7)6-10-8(2)14-15-12(10)16;1-3(2)4;1-5(2,3)4;/h7-9,11-12H,10H2,1-6H3;2*5-7,9H,8H2,1-4H3,(H,17,19);3-5H,6H2,1-2H3,(H2,14,15,16);3H,1-2H3;1H3,(H,2,3,4);1H4. The smallest absolute Gasteiger partial charge is 0.267 e. The summed E-state index contributed by atoms with van der Waals surface area (Å²) in [7, 11) is -3.67. The van der Waals surface area contributed by atoms with E-state index in [9.17, 15) is 40.4 Å². The van der Waals surface area contributed by atoms with Crippen molar-refractivity contribution in [3.05, 3.63) is 217 Å². The van der Waals surface area contributed by atoms with Crippen molar-refractivity contribution in [1.82, 2.24) is 39.5 Å². The maximum Gasteiger partial charge on any atom is 0.267 e. The van der Waals surface area contributed by atoms with E-state index >= 15 is 0 Å². The van der Waals surface area contributed by atoms with Gasteiger partial charge in [0.15, 0.2) is 0 Å². The lowest BCUT2D eigenvalue weighted by atomic mass is 10.0. The third-order valence-electron chi connectivity index (χ3n) is 13.1. The van der Waals surface area contributed by atoms with Crippen LogP contribution in [0.4, 0.5) is 17.6 Å². The molecule has 15 nitrogen and oxygen atoms in total. The van der Waals surface area contributed by atoms with Gasteiger partial charge in [-0.3, -0.25) is 48.3 Å². The van der Waals surface area contributed by atoms with E-state index in [0.717, 1.165) is 50.6 Å². The van der Waals surface area contributed by atoms with Gasteiger partial charge in [0.25, 0.3) is 26.8 Å². The number of hydrogen-bond donors (Lipinski definition) is 5. The van der Waals surface area contributed by atoms with Crippen LogP contribution in [-0.4, -0.2) is 69.7 Å². The molecule has 0 fully saturated rings. The molecule has 5 N–H and O–H groups in total.